The van der Waals surface area contributed by atoms with E-state index in [0.29, 0.717) is 12.1 Å². The van der Waals surface area contributed by atoms with Crippen LogP contribution < -0.4 is 0 Å². The van der Waals surface area contributed by atoms with E-state index < -0.39 is 47.1 Å². The molecule has 5 rings (SSSR count). The quantitative estimate of drug-likeness (QED) is 0.537. The molecule has 0 bridgehead atoms. The Bertz CT molecular complexity index is 1060. The number of cyclic esters (lactones) is 1. The van der Waals surface area contributed by atoms with Gasteiger partial charge in [-0.2, -0.15) is 0 Å². The highest BCUT2D eigenvalue weighted by Gasteiger charge is 2.73. The van der Waals surface area contributed by atoms with Crippen molar-refractivity contribution >= 4 is 17.8 Å². The fourth-order valence-corrected chi connectivity index (χ4v) is 5.88. The maximum Gasteiger partial charge on any atom is 0.313 e. The molecule has 2 saturated heterocycles. The molecule has 1 N–H and O–H groups in total. The van der Waals surface area contributed by atoms with Gasteiger partial charge in [-0.1, -0.05) is 48.6 Å². The second kappa shape index (κ2) is 8.06. The van der Waals surface area contributed by atoms with Crippen LogP contribution in [0.4, 0.5) is 0 Å². The summed E-state index contributed by atoms with van der Waals surface area (Å²) in [6.07, 6.45) is 6.43. The summed E-state index contributed by atoms with van der Waals surface area (Å²) >= 11 is 0. The summed E-state index contributed by atoms with van der Waals surface area (Å²) in [6.45, 7) is 5.91. The van der Waals surface area contributed by atoms with Crippen molar-refractivity contribution in [2.75, 3.05) is 19.8 Å². The Kier molecular flexibility index (Phi) is 5.41. The van der Waals surface area contributed by atoms with Gasteiger partial charge >= 0.3 is 5.97 Å². The zero-order valence-corrected chi connectivity index (χ0v) is 19.6. The van der Waals surface area contributed by atoms with Crippen molar-refractivity contribution in [2.24, 2.45) is 11.8 Å². The van der Waals surface area contributed by atoms with Crippen LogP contribution >= 0.6 is 0 Å². The molecule has 1 aromatic carbocycles. The molecular formula is C26H30N2O6. The van der Waals surface area contributed by atoms with Gasteiger partial charge in [0.15, 0.2) is 0 Å². The van der Waals surface area contributed by atoms with E-state index in [4.69, 9.17) is 9.47 Å². The molecular weight excluding hydrogens is 436 g/mol. The van der Waals surface area contributed by atoms with Crippen LogP contribution in [0.25, 0.3) is 0 Å². The second-order valence-corrected chi connectivity index (χ2v) is 10.3. The molecule has 34 heavy (non-hydrogen) atoms. The molecule has 4 aliphatic rings. The van der Waals surface area contributed by atoms with Gasteiger partial charge in [0.2, 0.25) is 11.8 Å². The molecule has 1 aromatic rings. The molecule has 1 unspecified atom stereocenters. The number of carbonyl (C=O) groups excluding carboxylic acids is 3. The molecule has 0 aliphatic carbocycles. The smallest absolute Gasteiger partial charge is 0.313 e. The Morgan fingerprint density at radius 2 is 1.85 bits per heavy atom. The number of nitrogens with zero attached hydrogens (tertiary/aromatic N) is 2. The fraction of sp³-hybridized carbons (Fsp3) is 0.500. The van der Waals surface area contributed by atoms with Crippen LogP contribution in [-0.4, -0.2) is 75.7 Å². The van der Waals surface area contributed by atoms with Gasteiger partial charge in [-0.15, -0.1) is 0 Å². The number of aliphatic hydroxyl groups excluding tert-OH is 1. The summed E-state index contributed by atoms with van der Waals surface area (Å²) in [4.78, 5) is 44.5. The number of benzene rings is 1. The van der Waals surface area contributed by atoms with Gasteiger partial charge in [-0.3, -0.25) is 14.4 Å². The highest BCUT2D eigenvalue weighted by molar-refractivity contribution is 5.99. The van der Waals surface area contributed by atoms with Gasteiger partial charge in [0, 0.05) is 12.1 Å². The zero-order chi connectivity index (χ0) is 24.3. The predicted octanol–water partition coefficient (Wildman–Crippen LogP) is 1.61. The highest BCUT2D eigenvalue weighted by Crippen LogP contribution is 2.55. The molecule has 8 nitrogen and oxygen atoms in total. The molecule has 1 spiro atoms. The number of amides is 2. The Morgan fingerprint density at radius 3 is 2.53 bits per heavy atom. The predicted molar refractivity (Wildman–Crippen MR) is 122 cm³/mol. The van der Waals surface area contributed by atoms with Gasteiger partial charge in [-0.25, -0.2) is 0 Å². The first kappa shape index (κ1) is 22.8. The van der Waals surface area contributed by atoms with Gasteiger partial charge < -0.3 is 24.4 Å². The molecule has 0 aromatic heterocycles. The SMILES string of the molecule is CC(C)(C)N1CC=C[C@]23O[C@@H]4C=CCOC(=O)[C@@H]4[C@H]2C(=O)N([C@H](CO)c2ccccc2)C3C1=O. The number of hydrogen-bond donors (Lipinski definition) is 1. The number of likely N-dealkylation sites (tertiary alicyclic amines) is 1. The van der Waals surface area contributed by atoms with Crippen molar-refractivity contribution in [3.8, 4) is 0 Å². The third-order valence-corrected chi connectivity index (χ3v) is 7.35. The van der Waals surface area contributed by atoms with E-state index in [9.17, 15) is 19.5 Å². The fourth-order valence-electron chi connectivity index (χ4n) is 5.88. The summed E-state index contributed by atoms with van der Waals surface area (Å²) in [6, 6.07) is 7.34. The third-order valence-electron chi connectivity index (χ3n) is 7.35. The number of hydrogen-bond acceptors (Lipinski definition) is 6. The van der Waals surface area contributed by atoms with E-state index in [-0.39, 0.29) is 25.0 Å². The number of rotatable bonds is 3. The summed E-state index contributed by atoms with van der Waals surface area (Å²) < 4.78 is 11.9. The van der Waals surface area contributed by atoms with Crippen molar-refractivity contribution in [3.05, 3.63) is 60.2 Å². The van der Waals surface area contributed by atoms with Gasteiger partial charge in [0.1, 0.15) is 24.2 Å². The lowest BCUT2D eigenvalue weighted by Crippen LogP contribution is -2.59. The van der Waals surface area contributed by atoms with E-state index in [1.54, 1.807) is 23.1 Å². The van der Waals surface area contributed by atoms with E-state index in [1.807, 2.05) is 57.2 Å². The lowest BCUT2D eigenvalue weighted by molar-refractivity contribution is -0.156. The average molecular weight is 467 g/mol. The summed E-state index contributed by atoms with van der Waals surface area (Å²) in [5.74, 6) is -2.97. The first-order chi connectivity index (χ1) is 16.2. The molecule has 180 valence electrons. The van der Waals surface area contributed by atoms with Crippen LogP contribution in [-0.2, 0) is 23.9 Å². The maximum absolute atomic E-state index is 14.2. The molecule has 0 radical (unpaired) electrons. The van der Waals surface area contributed by atoms with Crippen LogP contribution in [0.2, 0.25) is 0 Å². The van der Waals surface area contributed by atoms with Crippen LogP contribution in [0.5, 0.6) is 0 Å². The van der Waals surface area contributed by atoms with E-state index >= 15 is 0 Å². The van der Waals surface area contributed by atoms with Gasteiger partial charge in [0.25, 0.3) is 0 Å². The minimum atomic E-state index is -1.34. The lowest BCUT2D eigenvalue weighted by atomic mass is 9.78. The van der Waals surface area contributed by atoms with Crippen molar-refractivity contribution < 1.29 is 29.0 Å². The molecule has 8 heteroatoms. The zero-order valence-electron chi connectivity index (χ0n) is 19.6. The second-order valence-electron chi connectivity index (χ2n) is 10.3. The normalized spacial score (nSPS) is 33.7. The minimum Gasteiger partial charge on any atom is -0.461 e. The van der Waals surface area contributed by atoms with Crippen molar-refractivity contribution in [1.29, 1.82) is 0 Å². The van der Waals surface area contributed by atoms with Crippen molar-refractivity contribution in [1.82, 2.24) is 9.80 Å². The van der Waals surface area contributed by atoms with E-state index in [1.165, 1.54) is 4.90 Å². The van der Waals surface area contributed by atoms with Crippen LogP contribution in [0, 0.1) is 11.8 Å². The molecule has 4 aliphatic heterocycles. The number of esters is 1. The van der Waals surface area contributed by atoms with E-state index in [2.05, 4.69) is 0 Å². The topological polar surface area (TPSA) is 96.4 Å². The maximum atomic E-state index is 14.2. The minimum absolute atomic E-state index is 0.117. The van der Waals surface area contributed by atoms with Gasteiger partial charge in [0.05, 0.1) is 24.7 Å². The standard InChI is InChI=1S/C26H30N2O6/c1-25(2,3)27-13-8-12-26-20(19-18(34-26)11-7-14-33-24(19)32)22(30)28(21(26)23(27)31)17(15-29)16-9-5-4-6-10-16/h4-12,17-21,29H,13-15H2,1-3H3/t17-,18-,19+,20+,21?,26+/m1/s1. The first-order valence-electron chi connectivity index (χ1n) is 11.7. The molecule has 2 fully saturated rings. The van der Waals surface area contributed by atoms with Crippen LogP contribution in [0.3, 0.4) is 0 Å². The van der Waals surface area contributed by atoms with Crippen molar-refractivity contribution in [2.45, 2.75) is 50.1 Å². The Morgan fingerprint density at radius 1 is 1.12 bits per heavy atom. The third kappa shape index (κ3) is 3.23. The van der Waals surface area contributed by atoms with Crippen LogP contribution in [0.15, 0.2) is 54.6 Å². The highest BCUT2D eigenvalue weighted by atomic mass is 16.6. The Hall–Kier alpha value is -2.97. The first-order valence-corrected chi connectivity index (χ1v) is 11.7. The summed E-state index contributed by atoms with van der Waals surface area (Å²) in [5.41, 5.74) is -1.15. The molecule has 4 heterocycles. The number of aliphatic hydroxyl groups is 1. The van der Waals surface area contributed by atoms with Crippen molar-refractivity contribution in [3.63, 3.8) is 0 Å². The Labute approximate surface area is 198 Å². The largest absolute Gasteiger partial charge is 0.461 e. The number of fused-ring (bicyclic) bond motifs is 2. The van der Waals surface area contributed by atoms with Crippen LogP contribution in [0.1, 0.15) is 32.4 Å². The summed E-state index contributed by atoms with van der Waals surface area (Å²) in [7, 11) is 0. The molecule has 2 amide bonds. The number of ether oxygens (including phenoxy) is 2. The number of carbonyl (C=O) groups is 3. The molecule has 6 atom stereocenters. The van der Waals surface area contributed by atoms with E-state index in [0.717, 1.165) is 0 Å². The average Bonchev–Trinajstić information content (AvgIpc) is 3.09. The summed E-state index contributed by atoms with van der Waals surface area (Å²) in [5, 5.41) is 10.4. The lowest BCUT2D eigenvalue weighted by Gasteiger charge is -2.42. The van der Waals surface area contributed by atoms with Gasteiger partial charge in [-0.05, 0) is 32.4 Å². The Balaban J connectivity index is 1.69. The molecule has 0 saturated carbocycles. The monoisotopic (exact) mass is 466 g/mol.